The molecule has 0 atom stereocenters. The fourth-order valence-corrected chi connectivity index (χ4v) is 1.85. The van der Waals surface area contributed by atoms with Crippen LogP contribution < -0.4 is 5.32 Å². The minimum atomic E-state index is 1.12. The van der Waals surface area contributed by atoms with Gasteiger partial charge in [-0.3, -0.25) is 0 Å². The van der Waals surface area contributed by atoms with Gasteiger partial charge in [-0.15, -0.1) is 0 Å². The summed E-state index contributed by atoms with van der Waals surface area (Å²) in [6, 6.07) is 0. The lowest BCUT2D eigenvalue weighted by atomic mass is 10.1. The Balaban J connectivity index is 2.27. The van der Waals surface area contributed by atoms with E-state index in [0.29, 0.717) is 0 Å². The van der Waals surface area contributed by atoms with Crippen LogP contribution in [0.15, 0.2) is 11.6 Å². The Morgan fingerprint density at radius 1 is 1.38 bits per heavy atom. The zero-order chi connectivity index (χ0) is 9.52. The van der Waals surface area contributed by atoms with Crippen molar-refractivity contribution in [3.63, 3.8) is 0 Å². The quantitative estimate of drug-likeness (QED) is 0.667. The topological polar surface area (TPSA) is 15.3 Å². The molecule has 0 saturated carbocycles. The zero-order valence-corrected chi connectivity index (χ0v) is 8.97. The molecular formula is C11H22N2. The molecule has 76 valence electrons. The maximum absolute atomic E-state index is 3.20. The van der Waals surface area contributed by atoms with Gasteiger partial charge in [0.15, 0.2) is 0 Å². The van der Waals surface area contributed by atoms with Crippen LogP contribution in [0.4, 0.5) is 0 Å². The zero-order valence-electron chi connectivity index (χ0n) is 8.97. The van der Waals surface area contributed by atoms with Crippen molar-refractivity contribution < 1.29 is 0 Å². The van der Waals surface area contributed by atoms with Gasteiger partial charge in [0.05, 0.1) is 0 Å². The molecule has 0 amide bonds. The van der Waals surface area contributed by atoms with Gasteiger partial charge < -0.3 is 10.2 Å². The fraction of sp³-hybridized carbons (Fsp3) is 0.818. The highest BCUT2D eigenvalue weighted by molar-refractivity contribution is 5.02. The Morgan fingerprint density at radius 2 is 2.23 bits per heavy atom. The van der Waals surface area contributed by atoms with Crippen LogP contribution in [-0.2, 0) is 0 Å². The summed E-state index contributed by atoms with van der Waals surface area (Å²) in [5.74, 6) is 0. The van der Waals surface area contributed by atoms with E-state index in [1.165, 1.54) is 38.9 Å². The van der Waals surface area contributed by atoms with Gasteiger partial charge >= 0.3 is 0 Å². The third-order valence-electron chi connectivity index (χ3n) is 2.81. The predicted molar refractivity (Wildman–Crippen MR) is 58.0 cm³/mol. The van der Waals surface area contributed by atoms with Gasteiger partial charge in [-0.25, -0.2) is 0 Å². The van der Waals surface area contributed by atoms with E-state index in [1.54, 1.807) is 5.57 Å². The summed E-state index contributed by atoms with van der Waals surface area (Å²) in [5, 5.41) is 3.20. The van der Waals surface area contributed by atoms with E-state index in [-0.39, 0.29) is 0 Å². The molecule has 0 aromatic heterocycles. The molecule has 0 spiro atoms. The molecule has 1 heterocycles. The van der Waals surface area contributed by atoms with Gasteiger partial charge in [-0.05, 0) is 39.8 Å². The van der Waals surface area contributed by atoms with E-state index in [9.17, 15) is 0 Å². The average molecular weight is 182 g/mol. The van der Waals surface area contributed by atoms with E-state index in [2.05, 4.69) is 23.2 Å². The number of hydrogen-bond donors (Lipinski definition) is 1. The van der Waals surface area contributed by atoms with Crippen LogP contribution >= 0.6 is 0 Å². The van der Waals surface area contributed by atoms with Gasteiger partial charge in [-0.1, -0.05) is 11.6 Å². The predicted octanol–water partition coefficient (Wildman–Crippen LogP) is 1.64. The van der Waals surface area contributed by atoms with Gasteiger partial charge in [0, 0.05) is 19.6 Å². The van der Waals surface area contributed by atoms with Gasteiger partial charge in [0.2, 0.25) is 0 Å². The Hall–Kier alpha value is -0.340. The Labute approximate surface area is 82.0 Å². The normalized spacial score (nSPS) is 23.4. The maximum Gasteiger partial charge on any atom is 0.0107 e. The van der Waals surface area contributed by atoms with Crippen molar-refractivity contribution in [1.29, 1.82) is 0 Å². The molecule has 0 bridgehead atoms. The molecule has 1 fully saturated rings. The van der Waals surface area contributed by atoms with Crippen molar-refractivity contribution in [2.24, 2.45) is 0 Å². The molecule has 2 heteroatoms. The summed E-state index contributed by atoms with van der Waals surface area (Å²) >= 11 is 0. The van der Waals surface area contributed by atoms with Crippen LogP contribution in [0.5, 0.6) is 0 Å². The number of nitrogens with one attached hydrogen (secondary N) is 1. The van der Waals surface area contributed by atoms with Crippen molar-refractivity contribution in [3.05, 3.63) is 11.6 Å². The van der Waals surface area contributed by atoms with Gasteiger partial charge in [0.25, 0.3) is 0 Å². The number of hydrogen-bond acceptors (Lipinski definition) is 2. The summed E-state index contributed by atoms with van der Waals surface area (Å²) in [6.07, 6.45) is 6.22. The average Bonchev–Trinajstić information content (AvgIpc) is 2.39. The number of likely N-dealkylation sites (N-methyl/N-ethyl adjacent to an activating group) is 1. The van der Waals surface area contributed by atoms with Gasteiger partial charge in [-0.2, -0.15) is 0 Å². The lowest BCUT2D eigenvalue weighted by molar-refractivity contribution is 0.288. The van der Waals surface area contributed by atoms with Crippen molar-refractivity contribution in [2.75, 3.05) is 33.2 Å². The molecule has 1 aliphatic heterocycles. The monoisotopic (exact) mass is 182 g/mol. The highest BCUT2D eigenvalue weighted by Gasteiger charge is 2.10. The van der Waals surface area contributed by atoms with Crippen LogP contribution in [0, 0.1) is 0 Å². The van der Waals surface area contributed by atoms with E-state index in [0.717, 1.165) is 6.54 Å². The fourth-order valence-electron chi connectivity index (χ4n) is 1.85. The summed E-state index contributed by atoms with van der Waals surface area (Å²) in [7, 11) is 2.02. The van der Waals surface area contributed by atoms with E-state index in [1.807, 2.05) is 7.05 Å². The number of nitrogens with zero attached hydrogens (tertiary/aromatic N) is 1. The third kappa shape index (κ3) is 3.92. The van der Waals surface area contributed by atoms with Crippen molar-refractivity contribution >= 4 is 0 Å². The minimum Gasteiger partial charge on any atom is -0.318 e. The highest BCUT2D eigenvalue weighted by atomic mass is 15.1. The van der Waals surface area contributed by atoms with E-state index < -0.39 is 0 Å². The second-order valence-corrected chi connectivity index (χ2v) is 3.75. The van der Waals surface area contributed by atoms with Crippen LogP contribution in [0.25, 0.3) is 0 Å². The molecule has 13 heavy (non-hydrogen) atoms. The van der Waals surface area contributed by atoms with E-state index >= 15 is 0 Å². The van der Waals surface area contributed by atoms with Crippen molar-refractivity contribution in [1.82, 2.24) is 10.2 Å². The first kappa shape index (κ1) is 10.7. The highest BCUT2D eigenvalue weighted by Crippen LogP contribution is 2.15. The smallest absolute Gasteiger partial charge is 0.0107 e. The first-order chi connectivity index (χ1) is 6.36. The largest absolute Gasteiger partial charge is 0.318 e. The van der Waals surface area contributed by atoms with Crippen molar-refractivity contribution in [2.45, 2.75) is 26.2 Å². The summed E-state index contributed by atoms with van der Waals surface area (Å²) in [4.78, 5) is 2.56. The lowest BCUT2D eigenvalue weighted by Crippen LogP contribution is -2.31. The Bertz CT molecular complexity index is 163. The van der Waals surface area contributed by atoms with E-state index in [4.69, 9.17) is 0 Å². The molecule has 1 rings (SSSR count). The summed E-state index contributed by atoms with van der Waals surface area (Å²) in [5.41, 5.74) is 1.65. The third-order valence-corrected chi connectivity index (χ3v) is 2.81. The van der Waals surface area contributed by atoms with Gasteiger partial charge in [0.1, 0.15) is 0 Å². The van der Waals surface area contributed by atoms with Crippen molar-refractivity contribution in [3.8, 4) is 0 Å². The molecule has 0 radical (unpaired) electrons. The molecule has 0 aromatic rings. The minimum absolute atomic E-state index is 1.12. The molecular weight excluding hydrogens is 160 g/mol. The molecule has 2 nitrogen and oxygen atoms in total. The van der Waals surface area contributed by atoms with Crippen LogP contribution in [0.1, 0.15) is 26.2 Å². The SMILES string of the molecule is C/C=C1/CCCN(CCNC)CC1. The summed E-state index contributed by atoms with van der Waals surface area (Å²) < 4.78 is 0. The molecule has 1 aliphatic rings. The van der Waals surface area contributed by atoms with Crippen LogP contribution in [0.2, 0.25) is 0 Å². The number of allylic oxidation sites excluding steroid dienone is 1. The second kappa shape index (κ2) is 6.17. The Kier molecular flexibility index (Phi) is 5.09. The number of rotatable bonds is 3. The first-order valence-corrected chi connectivity index (χ1v) is 5.38. The molecule has 1 N–H and O–H groups in total. The molecule has 0 aromatic carbocycles. The maximum atomic E-state index is 3.20. The molecule has 1 saturated heterocycles. The molecule has 0 aliphatic carbocycles. The lowest BCUT2D eigenvalue weighted by Gasteiger charge is -2.18. The summed E-state index contributed by atoms with van der Waals surface area (Å²) in [6.45, 7) is 7.01. The molecule has 0 unspecified atom stereocenters. The number of likely N-dealkylation sites (tertiary alicyclic amines) is 1. The van der Waals surface area contributed by atoms with Crippen LogP contribution in [-0.4, -0.2) is 38.1 Å². The second-order valence-electron chi connectivity index (χ2n) is 3.75. The standard InChI is InChI=1S/C11H22N2/c1-3-11-5-4-8-13(9-6-11)10-7-12-2/h3,12H,4-10H2,1-2H3/b11-3-. The van der Waals surface area contributed by atoms with Crippen LogP contribution in [0.3, 0.4) is 0 Å². The Morgan fingerprint density at radius 3 is 2.92 bits per heavy atom. The first-order valence-electron chi connectivity index (χ1n) is 5.38.